The van der Waals surface area contributed by atoms with Gasteiger partial charge in [-0.2, -0.15) is 8.42 Å². The van der Waals surface area contributed by atoms with Crippen molar-refractivity contribution in [3.05, 3.63) is 82.7 Å². The second-order valence-corrected chi connectivity index (χ2v) is 7.90. The quantitative estimate of drug-likeness (QED) is 0.494. The highest BCUT2D eigenvalue weighted by atomic mass is 32.2. The Hall–Kier alpha value is -3.24. The molecule has 0 saturated carbocycles. The number of ketones is 1. The molecule has 0 aliphatic carbocycles. The molecule has 30 heavy (non-hydrogen) atoms. The normalized spacial score (nSPS) is 12.4. The summed E-state index contributed by atoms with van der Waals surface area (Å²) in [7, 11) is -2.59. The highest BCUT2D eigenvalue weighted by molar-refractivity contribution is 7.90. The zero-order chi connectivity index (χ0) is 22.1. The summed E-state index contributed by atoms with van der Waals surface area (Å²) in [6.07, 6.45) is 0. The molecule has 2 aromatic carbocycles. The van der Waals surface area contributed by atoms with Gasteiger partial charge in [0, 0.05) is 23.7 Å². The van der Waals surface area contributed by atoms with Crippen molar-refractivity contribution in [2.45, 2.75) is 12.8 Å². The summed E-state index contributed by atoms with van der Waals surface area (Å²) < 4.78 is 57.3. The van der Waals surface area contributed by atoms with Crippen LogP contribution in [0.15, 0.2) is 48.5 Å². The van der Waals surface area contributed by atoms with Gasteiger partial charge in [-0.15, -0.1) is 0 Å². The number of benzene rings is 2. The maximum atomic E-state index is 14.6. The summed E-state index contributed by atoms with van der Waals surface area (Å²) in [6, 6.07) is 10.8. The molecule has 0 radical (unpaired) electrons. The highest BCUT2D eigenvalue weighted by Crippen LogP contribution is 2.29. The molecule has 0 aliphatic heterocycles. The average Bonchev–Trinajstić information content (AvgIpc) is 3.07. The molecule has 3 aromatic rings. The number of hydrogen-bond donors (Lipinski definition) is 3. The van der Waals surface area contributed by atoms with Gasteiger partial charge >= 0.3 is 0 Å². The number of hydrogen-bond acceptors (Lipinski definition) is 4. The van der Waals surface area contributed by atoms with Crippen LogP contribution >= 0.6 is 0 Å². The fraction of sp³-hybridized carbons (Fsp3) is 0.150. The van der Waals surface area contributed by atoms with Gasteiger partial charge in [-0.05, 0) is 29.8 Å². The van der Waals surface area contributed by atoms with E-state index in [-0.39, 0.29) is 28.4 Å². The monoisotopic (exact) mass is 435 g/mol. The summed E-state index contributed by atoms with van der Waals surface area (Å²) in [6.45, 7) is 1.73. The fourth-order valence-corrected chi connectivity index (χ4v) is 3.52. The standard InChI is InChI=1S/C20H19F2N3O4S/c1-11(12-3-6-14(7-4-12)25-30(23,27)28)19-16(22)10-17(24-19)20(26)15-8-5-13(21)9-18(15)29-2/h3-11,24-25H,1-2H3,(H2,23,27,28). The molecular weight excluding hydrogens is 416 g/mol. The van der Waals surface area contributed by atoms with Crippen LogP contribution in [0.25, 0.3) is 0 Å². The molecule has 158 valence electrons. The molecule has 1 aromatic heterocycles. The summed E-state index contributed by atoms with van der Waals surface area (Å²) in [5.41, 5.74) is 1.20. The third-order valence-electron chi connectivity index (χ3n) is 4.55. The lowest BCUT2D eigenvalue weighted by atomic mass is 9.97. The lowest BCUT2D eigenvalue weighted by molar-refractivity contribution is 0.103. The molecule has 7 nitrogen and oxygen atoms in total. The number of H-pyrrole nitrogens is 1. The van der Waals surface area contributed by atoms with Crippen molar-refractivity contribution in [1.82, 2.24) is 4.98 Å². The zero-order valence-corrected chi connectivity index (χ0v) is 16.9. The van der Waals surface area contributed by atoms with E-state index in [2.05, 4.69) is 9.71 Å². The van der Waals surface area contributed by atoms with E-state index in [1.807, 2.05) is 0 Å². The number of nitrogens with two attached hydrogens (primary N) is 1. The van der Waals surface area contributed by atoms with E-state index in [0.717, 1.165) is 18.2 Å². The predicted molar refractivity (Wildman–Crippen MR) is 108 cm³/mol. The Balaban J connectivity index is 1.88. The van der Waals surface area contributed by atoms with Crippen LogP contribution in [0.5, 0.6) is 5.75 Å². The van der Waals surface area contributed by atoms with Gasteiger partial charge in [0.1, 0.15) is 17.4 Å². The van der Waals surface area contributed by atoms with Gasteiger partial charge in [-0.3, -0.25) is 9.52 Å². The first-order valence-electron chi connectivity index (χ1n) is 8.76. The van der Waals surface area contributed by atoms with Gasteiger partial charge in [-0.25, -0.2) is 13.9 Å². The summed E-state index contributed by atoms with van der Waals surface area (Å²) in [4.78, 5) is 15.6. The van der Waals surface area contributed by atoms with E-state index in [1.165, 1.54) is 25.3 Å². The summed E-state index contributed by atoms with van der Waals surface area (Å²) in [5, 5.41) is 4.93. The Morgan fingerprint density at radius 1 is 1.13 bits per heavy atom. The molecule has 1 atom stereocenters. The van der Waals surface area contributed by atoms with Crippen LogP contribution < -0.4 is 14.6 Å². The zero-order valence-electron chi connectivity index (χ0n) is 16.1. The second kappa shape index (κ2) is 8.25. The van der Waals surface area contributed by atoms with Gasteiger partial charge in [0.15, 0.2) is 0 Å². The van der Waals surface area contributed by atoms with Crippen LogP contribution in [0.2, 0.25) is 0 Å². The molecule has 10 heteroatoms. The number of carbonyl (C=O) groups excluding carboxylic acids is 1. The van der Waals surface area contributed by atoms with Gasteiger partial charge in [0.05, 0.1) is 24.1 Å². The third-order valence-corrected chi connectivity index (χ3v) is 5.07. The lowest BCUT2D eigenvalue weighted by Crippen LogP contribution is -2.21. The molecule has 1 heterocycles. The fourth-order valence-electron chi connectivity index (χ4n) is 3.05. The third kappa shape index (κ3) is 4.66. The van der Waals surface area contributed by atoms with Gasteiger partial charge in [-0.1, -0.05) is 19.1 Å². The second-order valence-electron chi connectivity index (χ2n) is 6.61. The molecule has 0 bridgehead atoms. The Bertz CT molecular complexity index is 1190. The number of rotatable bonds is 7. The molecule has 0 aliphatic rings. The predicted octanol–water partition coefficient (Wildman–Crippen LogP) is 3.30. The number of aromatic nitrogens is 1. The van der Waals surface area contributed by atoms with E-state index in [9.17, 15) is 22.0 Å². The first-order chi connectivity index (χ1) is 14.1. The smallest absolute Gasteiger partial charge is 0.296 e. The Morgan fingerprint density at radius 2 is 1.80 bits per heavy atom. The van der Waals surface area contributed by atoms with Crippen LogP contribution in [0.3, 0.4) is 0 Å². The van der Waals surface area contributed by atoms with E-state index in [1.54, 1.807) is 19.1 Å². The van der Waals surface area contributed by atoms with Crippen LogP contribution in [0, 0.1) is 11.6 Å². The number of carbonyl (C=O) groups is 1. The topological polar surface area (TPSA) is 114 Å². The van der Waals surface area contributed by atoms with Crippen LogP contribution in [0.4, 0.5) is 14.5 Å². The Morgan fingerprint density at radius 3 is 2.40 bits per heavy atom. The first-order valence-corrected chi connectivity index (χ1v) is 10.3. The largest absolute Gasteiger partial charge is 0.496 e. The maximum absolute atomic E-state index is 14.6. The summed E-state index contributed by atoms with van der Waals surface area (Å²) >= 11 is 0. The molecule has 4 N–H and O–H groups in total. The Kier molecular flexibility index (Phi) is 5.90. The molecule has 3 rings (SSSR count). The van der Waals surface area contributed by atoms with Gasteiger partial charge < -0.3 is 9.72 Å². The van der Waals surface area contributed by atoms with Gasteiger partial charge in [0.25, 0.3) is 10.2 Å². The number of nitrogens with one attached hydrogen (secondary N) is 2. The van der Waals surface area contributed by atoms with Crippen molar-refractivity contribution >= 4 is 21.7 Å². The molecular formula is C20H19F2N3O4S. The van der Waals surface area contributed by atoms with Crippen molar-refractivity contribution in [1.29, 1.82) is 0 Å². The van der Waals surface area contributed by atoms with E-state index < -0.39 is 33.5 Å². The number of aromatic amines is 1. The van der Waals surface area contributed by atoms with Gasteiger partial charge in [0.2, 0.25) is 5.78 Å². The number of ether oxygens (including phenoxy) is 1. The molecule has 1 unspecified atom stereocenters. The van der Waals surface area contributed by atoms with E-state index >= 15 is 0 Å². The minimum absolute atomic E-state index is 0.00762. The highest BCUT2D eigenvalue weighted by Gasteiger charge is 2.22. The first kappa shape index (κ1) is 21.5. The molecule has 0 saturated heterocycles. The van der Waals surface area contributed by atoms with Crippen LogP contribution in [-0.2, 0) is 10.2 Å². The van der Waals surface area contributed by atoms with Crippen molar-refractivity contribution in [3.63, 3.8) is 0 Å². The number of methoxy groups -OCH3 is 1. The maximum Gasteiger partial charge on any atom is 0.296 e. The number of anilines is 1. The van der Waals surface area contributed by atoms with Crippen molar-refractivity contribution in [3.8, 4) is 5.75 Å². The van der Waals surface area contributed by atoms with Crippen molar-refractivity contribution in [2.24, 2.45) is 5.14 Å². The average molecular weight is 435 g/mol. The number of halogens is 2. The van der Waals surface area contributed by atoms with E-state index in [4.69, 9.17) is 9.88 Å². The molecule has 0 fully saturated rings. The van der Waals surface area contributed by atoms with Crippen molar-refractivity contribution < 1.29 is 26.7 Å². The molecule has 0 spiro atoms. The minimum Gasteiger partial charge on any atom is -0.496 e. The van der Waals surface area contributed by atoms with Crippen LogP contribution in [0.1, 0.15) is 40.2 Å². The summed E-state index contributed by atoms with van der Waals surface area (Å²) in [5.74, 6) is -2.14. The lowest BCUT2D eigenvalue weighted by Gasteiger charge is -2.12. The van der Waals surface area contributed by atoms with Crippen LogP contribution in [-0.4, -0.2) is 26.3 Å². The van der Waals surface area contributed by atoms with E-state index in [0.29, 0.717) is 5.56 Å². The minimum atomic E-state index is -3.90. The molecule has 0 amide bonds. The van der Waals surface area contributed by atoms with Crippen molar-refractivity contribution in [2.75, 3.05) is 11.8 Å². The SMILES string of the molecule is COc1cc(F)ccc1C(=O)c1cc(F)c(C(C)c2ccc(NS(N)(=O)=O)cc2)[nH]1. The Labute approximate surface area is 172 Å².